The number of unbranched alkanes of at least 4 members (excludes halogenated alkanes) is 2. The molecule has 1 aliphatic rings. The first-order chi connectivity index (χ1) is 10.7. The van der Waals surface area contributed by atoms with Crippen LogP contribution in [0.15, 0.2) is 18.2 Å². The molecule has 0 amide bonds. The predicted octanol–water partition coefficient (Wildman–Crippen LogP) is 4.30. The molecule has 4 nitrogen and oxygen atoms in total. The molecule has 0 aliphatic carbocycles. The van der Waals surface area contributed by atoms with E-state index in [0.717, 1.165) is 23.9 Å². The molecule has 0 unspecified atom stereocenters. The molecule has 1 atom stereocenters. The van der Waals surface area contributed by atoms with Crippen LogP contribution in [0.3, 0.4) is 0 Å². The normalized spacial score (nSPS) is 17.4. The van der Waals surface area contributed by atoms with Crippen LogP contribution < -0.4 is 5.32 Å². The van der Waals surface area contributed by atoms with E-state index < -0.39 is 5.97 Å². The lowest BCUT2D eigenvalue weighted by Gasteiger charge is -2.10. The van der Waals surface area contributed by atoms with E-state index in [-0.39, 0.29) is 11.3 Å². The molecule has 122 valence electrons. The number of aromatic hydroxyl groups is 1. The Labute approximate surface area is 139 Å². The molecule has 1 aromatic rings. The van der Waals surface area contributed by atoms with Gasteiger partial charge in [-0.2, -0.15) is 0 Å². The maximum absolute atomic E-state index is 11.5. The van der Waals surface area contributed by atoms with Crippen LogP contribution in [0.1, 0.15) is 42.5 Å². The Balaban J connectivity index is 1.67. The van der Waals surface area contributed by atoms with Gasteiger partial charge in [0.25, 0.3) is 0 Å². The third-order valence-corrected chi connectivity index (χ3v) is 6.67. The number of esters is 1. The van der Waals surface area contributed by atoms with Gasteiger partial charge in [0.2, 0.25) is 0 Å². The molecule has 6 heteroatoms. The third kappa shape index (κ3) is 5.32. The molecule has 2 N–H and O–H groups in total. The first-order valence-electron chi connectivity index (χ1n) is 7.64. The number of rotatable bonds is 8. The summed E-state index contributed by atoms with van der Waals surface area (Å²) in [5, 5.41) is 13.8. The zero-order valence-electron chi connectivity index (χ0n) is 12.8. The van der Waals surface area contributed by atoms with E-state index in [1.165, 1.54) is 44.6 Å². The third-order valence-electron chi connectivity index (χ3n) is 3.66. The summed E-state index contributed by atoms with van der Waals surface area (Å²) >= 11 is 0. The molecular weight excluding hydrogens is 318 g/mol. The fourth-order valence-corrected chi connectivity index (χ4v) is 5.42. The summed E-state index contributed by atoms with van der Waals surface area (Å²) in [5.41, 5.74) is 1.03. The molecule has 22 heavy (non-hydrogen) atoms. The van der Waals surface area contributed by atoms with Gasteiger partial charge < -0.3 is 15.2 Å². The number of hydrogen-bond acceptors (Lipinski definition) is 6. The average Bonchev–Trinajstić information content (AvgIpc) is 3.04. The SMILES string of the molecule is COC(=O)c1cc(NCCCCC[C@H]2CCSS2)ccc1O. The quantitative estimate of drug-likeness (QED) is 0.318. The molecule has 2 rings (SSSR count). The second kappa shape index (κ2) is 9.20. The second-order valence-corrected chi connectivity index (χ2v) is 8.12. The summed E-state index contributed by atoms with van der Waals surface area (Å²) in [5.74, 6) is 0.734. The van der Waals surface area contributed by atoms with Crippen molar-refractivity contribution in [2.75, 3.05) is 24.7 Å². The lowest BCUT2D eigenvalue weighted by atomic mass is 10.1. The molecular formula is C16H23NO3S2. The number of carbonyl (C=O) groups excluding carboxylic acids is 1. The number of anilines is 1. The summed E-state index contributed by atoms with van der Waals surface area (Å²) in [4.78, 5) is 11.5. The summed E-state index contributed by atoms with van der Waals surface area (Å²) in [6, 6.07) is 4.92. The molecule has 0 aromatic heterocycles. The van der Waals surface area contributed by atoms with Crippen LogP contribution in [-0.4, -0.2) is 35.7 Å². The Morgan fingerprint density at radius 2 is 2.27 bits per heavy atom. The average molecular weight is 341 g/mol. The Bertz CT molecular complexity index is 490. The van der Waals surface area contributed by atoms with Crippen molar-refractivity contribution >= 4 is 33.2 Å². The van der Waals surface area contributed by atoms with Gasteiger partial charge in [-0.15, -0.1) is 0 Å². The van der Waals surface area contributed by atoms with Gasteiger partial charge in [-0.3, -0.25) is 0 Å². The van der Waals surface area contributed by atoms with E-state index in [2.05, 4.69) is 10.1 Å². The Morgan fingerprint density at radius 1 is 1.41 bits per heavy atom. The fourth-order valence-electron chi connectivity index (χ4n) is 2.39. The fraction of sp³-hybridized carbons (Fsp3) is 0.562. The van der Waals surface area contributed by atoms with Crippen LogP contribution >= 0.6 is 21.6 Å². The molecule has 1 heterocycles. The molecule has 1 fully saturated rings. The van der Waals surface area contributed by atoms with E-state index in [1.807, 2.05) is 21.6 Å². The number of ether oxygens (including phenoxy) is 1. The van der Waals surface area contributed by atoms with Crippen LogP contribution in [-0.2, 0) is 4.74 Å². The maximum atomic E-state index is 11.5. The number of nitrogens with one attached hydrogen (secondary N) is 1. The van der Waals surface area contributed by atoms with Gasteiger partial charge in [-0.05, 0) is 37.5 Å². The summed E-state index contributed by atoms with van der Waals surface area (Å²) in [6.07, 6.45) is 6.29. The highest BCUT2D eigenvalue weighted by molar-refractivity contribution is 8.77. The molecule has 1 saturated heterocycles. The second-order valence-electron chi connectivity index (χ2n) is 5.33. The van der Waals surface area contributed by atoms with Crippen molar-refractivity contribution in [1.29, 1.82) is 0 Å². The van der Waals surface area contributed by atoms with E-state index in [1.54, 1.807) is 12.1 Å². The van der Waals surface area contributed by atoms with Gasteiger partial charge in [0.1, 0.15) is 11.3 Å². The van der Waals surface area contributed by atoms with Crippen molar-refractivity contribution in [3.8, 4) is 5.75 Å². The van der Waals surface area contributed by atoms with Gasteiger partial charge >= 0.3 is 5.97 Å². The van der Waals surface area contributed by atoms with Crippen molar-refractivity contribution in [2.24, 2.45) is 0 Å². The summed E-state index contributed by atoms with van der Waals surface area (Å²) < 4.78 is 4.65. The summed E-state index contributed by atoms with van der Waals surface area (Å²) in [6.45, 7) is 0.873. The van der Waals surface area contributed by atoms with Crippen LogP contribution in [0.25, 0.3) is 0 Å². The number of phenolic OH excluding ortho intramolecular Hbond substituents is 1. The number of phenols is 1. The van der Waals surface area contributed by atoms with Crippen molar-refractivity contribution in [3.05, 3.63) is 23.8 Å². The molecule has 0 saturated carbocycles. The smallest absolute Gasteiger partial charge is 0.341 e. The lowest BCUT2D eigenvalue weighted by Crippen LogP contribution is -2.05. The molecule has 0 spiro atoms. The minimum absolute atomic E-state index is 0.0515. The number of carbonyl (C=O) groups is 1. The minimum Gasteiger partial charge on any atom is -0.507 e. The van der Waals surface area contributed by atoms with Crippen LogP contribution in [0.4, 0.5) is 5.69 Å². The van der Waals surface area contributed by atoms with Crippen molar-refractivity contribution in [3.63, 3.8) is 0 Å². The molecule has 0 radical (unpaired) electrons. The van der Waals surface area contributed by atoms with Gasteiger partial charge in [-0.1, -0.05) is 34.4 Å². The number of methoxy groups -OCH3 is 1. The number of benzene rings is 1. The molecule has 1 aliphatic heterocycles. The van der Waals surface area contributed by atoms with Crippen LogP contribution in [0, 0.1) is 0 Å². The Kier molecular flexibility index (Phi) is 7.25. The molecule has 0 bridgehead atoms. The van der Waals surface area contributed by atoms with E-state index in [0.29, 0.717) is 0 Å². The standard InChI is InChI=1S/C16H23NO3S2/c1-20-16(19)14-11-12(6-7-15(14)18)17-9-4-2-3-5-13-8-10-21-22-13/h6-7,11,13,17-18H,2-5,8-10H2,1H3/t13-/m0/s1. The van der Waals surface area contributed by atoms with Crippen LogP contribution in [0.2, 0.25) is 0 Å². The minimum atomic E-state index is -0.520. The highest BCUT2D eigenvalue weighted by Crippen LogP contribution is 2.39. The van der Waals surface area contributed by atoms with Gasteiger partial charge in [0, 0.05) is 23.2 Å². The van der Waals surface area contributed by atoms with Crippen molar-refractivity contribution < 1.29 is 14.6 Å². The first-order valence-corrected chi connectivity index (χ1v) is 10.0. The maximum Gasteiger partial charge on any atom is 0.341 e. The zero-order chi connectivity index (χ0) is 15.8. The molecule has 1 aromatic carbocycles. The predicted molar refractivity (Wildman–Crippen MR) is 94.9 cm³/mol. The van der Waals surface area contributed by atoms with Crippen LogP contribution in [0.5, 0.6) is 5.75 Å². The van der Waals surface area contributed by atoms with E-state index in [4.69, 9.17) is 0 Å². The van der Waals surface area contributed by atoms with Crippen molar-refractivity contribution in [2.45, 2.75) is 37.4 Å². The monoisotopic (exact) mass is 341 g/mol. The lowest BCUT2D eigenvalue weighted by molar-refractivity contribution is 0.0597. The van der Waals surface area contributed by atoms with Gasteiger partial charge in [0.05, 0.1) is 7.11 Å². The number of hydrogen-bond donors (Lipinski definition) is 2. The van der Waals surface area contributed by atoms with Crippen molar-refractivity contribution in [1.82, 2.24) is 0 Å². The highest BCUT2D eigenvalue weighted by atomic mass is 33.1. The Hall–Kier alpha value is -1.01. The zero-order valence-corrected chi connectivity index (χ0v) is 14.5. The first kappa shape index (κ1) is 17.3. The largest absolute Gasteiger partial charge is 0.507 e. The summed E-state index contributed by atoms with van der Waals surface area (Å²) in [7, 11) is 5.35. The topological polar surface area (TPSA) is 58.6 Å². The van der Waals surface area contributed by atoms with E-state index in [9.17, 15) is 9.90 Å². The van der Waals surface area contributed by atoms with Gasteiger partial charge in [-0.25, -0.2) is 4.79 Å². The Morgan fingerprint density at radius 3 is 3.00 bits per heavy atom. The highest BCUT2D eigenvalue weighted by Gasteiger charge is 2.15. The van der Waals surface area contributed by atoms with Gasteiger partial charge in [0.15, 0.2) is 0 Å². The van der Waals surface area contributed by atoms with E-state index >= 15 is 0 Å².